The van der Waals surface area contributed by atoms with Gasteiger partial charge in [-0.3, -0.25) is 43.2 Å². The van der Waals surface area contributed by atoms with E-state index < -0.39 is 103 Å². The first-order valence-corrected chi connectivity index (χ1v) is 14.9. The number of nitrogens with one attached hydrogen (secondary N) is 5. The molecule has 260 valence electrons. The van der Waals surface area contributed by atoms with Crippen LogP contribution in [0.4, 0.5) is 5.69 Å². The molecule has 0 saturated heterocycles. The van der Waals surface area contributed by atoms with E-state index >= 15 is 0 Å². The van der Waals surface area contributed by atoms with Crippen molar-refractivity contribution in [3.63, 3.8) is 0 Å². The number of carboxylic acid groups (broad SMARTS) is 3. The number of rotatable bonds is 17. The quantitative estimate of drug-likeness (QED) is 0.105. The molecule has 48 heavy (non-hydrogen) atoms. The van der Waals surface area contributed by atoms with Gasteiger partial charge in [0.2, 0.25) is 29.5 Å². The van der Waals surface area contributed by atoms with Gasteiger partial charge < -0.3 is 41.9 Å². The number of aliphatic carboxylic acids is 3. The van der Waals surface area contributed by atoms with E-state index in [2.05, 4.69) is 26.6 Å². The van der Waals surface area contributed by atoms with Crippen molar-refractivity contribution in [2.75, 3.05) is 5.32 Å². The fourth-order valence-corrected chi connectivity index (χ4v) is 4.86. The predicted molar refractivity (Wildman–Crippen MR) is 167 cm³/mol. The lowest BCUT2D eigenvalue weighted by Crippen LogP contribution is -2.59. The Morgan fingerprint density at radius 3 is 1.85 bits per heavy atom. The molecule has 1 aromatic rings. The number of hydrogen-bond acceptors (Lipinski definition) is 9. The van der Waals surface area contributed by atoms with E-state index in [1.807, 2.05) is 0 Å². The van der Waals surface area contributed by atoms with Crippen LogP contribution in [0.25, 0.3) is 5.57 Å². The van der Waals surface area contributed by atoms with Gasteiger partial charge >= 0.3 is 17.9 Å². The molecule has 1 unspecified atom stereocenters. The maximum Gasteiger partial charge on any atom is 0.305 e. The van der Waals surface area contributed by atoms with Crippen molar-refractivity contribution >= 4 is 64.5 Å². The highest BCUT2D eigenvalue weighted by molar-refractivity contribution is 6.03. The Morgan fingerprint density at radius 2 is 1.31 bits per heavy atom. The molecule has 1 aliphatic carbocycles. The molecule has 0 fully saturated rings. The van der Waals surface area contributed by atoms with E-state index in [4.69, 9.17) is 10.2 Å². The van der Waals surface area contributed by atoms with Crippen LogP contribution in [0.15, 0.2) is 24.3 Å². The van der Waals surface area contributed by atoms with E-state index in [9.17, 15) is 48.3 Å². The first-order chi connectivity index (χ1) is 22.4. The van der Waals surface area contributed by atoms with Crippen molar-refractivity contribution in [1.82, 2.24) is 21.3 Å². The summed E-state index contributed by atoms with van der Waals surface area (Å²) in [6.07, 6.45) is -1.18. The molecule has 17 nitrogen and oxygen atoms in total. The van der Waals surface area contributed by atoms with Crippen LogP contribution < -0.4 is 26.6 Å². The largest absolute Gasteiger partial charge is 0.481 e. The molecule has 0 radical (unpaired) electrons. The predicted octanol–water partition coefficient (Wildman–Crippen LogP) is -0.417. The highest BCUT2D eigenvalue weighted by atomic mass is 16.4. The lowest BCUT2D eigenvalue weighted by molar-refractivity contribution is -0.142. The molecule has 4 atom stereocenters. The summed E-state index contributed by atoms with van der Waals surface area (Å²) in [6.45, 7) is 5.84. The minimum atomic E-state index is -1.62. The first-order valence-electron chi connectivity index (χ1n) is 14.9. The maximum absolute atomic E-state index is 13.4. The number of carboxylic acids is 3. The summed E-state index contributed by atoms with van der Waals surface area (Å²) in [5.41, 5.74) is 2.45. The van der Waals surface area contributed by atoms with Crippen molar-refractivity contribution < 1.29 is 58.5 Å². The summed E-state index contributed by atoms with van der Waals surface area (Å²) in [5.74, 6) is -9.75. The Kier molecular flexibility index (Phi) is 13.9. The summed E-state index contributed by atoms with van der Waals surface area (Å²) in [7, 11) is 0. The van der Waals surface area contributed by atoms with E-state index in [0.29, 0.717) is 5.56 Å². The fourth-order valence-electron chi connectivity index (χ4n) is 4.86. The van der Waals surface area contributed by atoms with Gasteiger partial charge in [-0.25, -0.2) is 0 Å². The van der Waals surface area contributed by atoms with Crippen LogP contribution in [-0.4, -0.2) is 92.7 Å². The third-order valence-corrected chi connectivity index (χ3v) is 7.15. The van der Waals surface area contributed by atoms with Crippen molar-refractivity contribution in [1.29, 1.82) is 0 Å². The normalized spacial score (nSPS) is 14.6. The third kappa shape index (κ3) is 12.0. The van der Waals surface area contributed by atoms with Gasteiger partial charge in [0.25, 0.3) is 0 Å². The summed E-state index contributed by atoms with van der Waals surface area (Å²) in [6, 6.07) is -1.42. The molecule has 0 bridgehead atoms. The third-order valence-electron chi connectivity index (χ3n) is 7.15. The Balaban J connectivity index is 2.24. The average Bonchev–Trinajstić information content (AvgIpc) is 2.95. The van der Waals surface area contributed by atoms with Gasteiger partial charge in [0.05, 0.1) is 12.8 Å². The second-order valence-corrected chi connectivity index (χ2v) is 11.6. The molecule has 0 aromatic heterocycles. The summed E-state index contributed by atoms with van der Waals surface area (Å²) < 4.78 is 0. The SMILES string of the molecule is CC(=O)N[C@@H](CC(=O)O)C(=O)N[C@@H](CCC(=O)O)C(=O)NC(C(=O)N[C@@H](CC(=O)O)C(=O)Nc1ccc2c(c1)CC(=O)C=C2C)C(C)C. The van der Waals surface area contributed by atoms with Gasteiger partial charge in [-0.05, 0) is 54.2 Å². The molecular formula is C31H39N5O12. The van der Waals surface area contributed by atoms with Gasteiger partial charge in [0, 0.05) is 25.5 Å². The van der Waals surface area contributed by atoms with Crippen LogP contribution in [0.5, 0.6) is 0 Å². The molecule has 0 spiro atoms. The van der Waals surface area contributed by atoms with Gasteiger partial charge in [-0.2, -0.15) is 0 Å². The highest BCUT2D eigenvalue weighted by Crippen LogP contribution is 2.27. The molecular weight excluding hydrogens is 634 g/mol. The topological polar surface area (TPSA) is 274 Å². The van der Waals surface area contributed by atoms with Crippen LogP contribution in [0.1, 0.15) is 64.5 Å². The van der Waals surface area contributed by atoms with Gasteiger partial charge in [0.1, 0.15) is 24.2 Å². The van der Waals surface area contributed by atoms with Gasteiger partial charge in [0.15, 0.2) is 5.78 Å². The number of allylic oxidation sites excluding steroid dienone is 2. The van der Waals surface area contributed by atoms with Gasteiger partial charge in [-0.15, -0.1) is 0 Å². The second-order valence-electron chi connectivity index (χ2n) is 11.6. The fraction of sp³-hybridized carbons (Fsp3) is 0.452. The molecule has 0 heterocycles. The van der Waals surface area contributed by atoms with Crippen molar-refractivity contribution in [3.8, 4) is 0 Å². The van der Waals surface area contributed by atoms with Crippen LogP contribution in [0.3, 0.4) is 0 Å². The number of anilines is 1. The highest BCUT2D eigenvalue weighted by Gasteiger charge is 2.34. The summed E-state index contributed by atoms with van der Waals surface area (Å²) in [4.78, 5) is 110. The number of hydrogen-bond donors (Lipinski definition) is 8. The van der Waals surface area contributed by atoms with Crippen molar-refractivity contribution in [3.05, 3.63) is 35.4 Å². The van der Waals surface area contributed by atoms with Crippen LogP contribution in [0.2, 0.25) is 0 Å². The van der Waals surface area contributed by atoms with E-state index in [0.717, 1.165) is 18.1 Å². The standard InChI is InChI=1S/C31H39N5O12/c1-14(2)27(36-28(45)21(7-8-24(39)40)34-30(47)22(12-25(41)42)32-16(4)37)31(48)35-23(13-26(43)44)29(46)33-18-5-6-20-15(3)9-19(38)11-17(20)10-18/h5-6,9-10,14,21-23,27H,7-8,11-13H2,1-4H3,(H,32,37)(H,33,46)(H,34,47)(H,35,48)(H,36,45)(H,39,40)(H,41,42)(H,43,44)/t21-,22-,23-,27?/m0/s1. The van der Waals surface area contributed by atoms with Crippen LogP contribution in [-0.2, 0) is 49.6 Å². The number of fused-ring (bicyclic) bond motifs is 1. The smallest absolute Gasteiger partial charge is 0.305 e. The maximum atomic E-state index is 13.4. The number of amides is 5. The van der Waals surface area contributed by atoms with E-state index in [1.165, 1.54) is 19.9 Å². The van der Waals surface area contributed by atoms with E-state index in [-0.39, 0.29) is 17.9 Å². The summed E-state index contributed by atoms with van der Waals surface area (Å²) >= 11 is 0. The monoisotopic (exact) mass is 673 g/mol. The van der Waals surface area contributed by atoms with Gasteiger partial charge in [-0.1, -0.05) is 19.9 Å². The minimum Gasteiger partial charge on any atom is -0.481 e. The van der Waals surface area contributed by atoms with Crippen LogP contribution in [0, 0.1) is 5.92 Å². The molecule has 1 aromatic carbocycles. The first kappa shape index (κ1) is 38.6. The number of ketones is 1. The Bertz CT molecular complexity index is 1500. The molecule has 2 rings (SSSR count). The van der Waals surface area contributed by atoms with Crippen molar-refractivity contribution in [2.45, 2.75) is 84.0 Å². The number of benzene rings is 1. The molecule has 17 heteroatoms. The zero-order chi connectivity index (χ0) is 36.3. The Morgan fingerprint density at radius 1 is 0.750 bits per heavy atom. The minimum absolute atomic E-state index is 0.100. The van der Waals surface area contributed by atoms with Crippen LogP contribution >= 0.6 is 0 Å². The Hall–Kier alpha value is -5.61. The molecule has 8 N–H and O–H groups in total. The number of carbonyl (C=O) groups excluding carboxylic acids is 6. The lowest BCUT2D eigenvalue weighted by atomic mass is 9.90. The molecule has 1 aliphatic rings. The zero-order valence-corrected chi connectivity index (χ0v) is 26.7. The zero-order valence-electron chi connectivity index (χ0n) is 26.7. The van der Waals surface area contributed by atoms with Crippen molar-refractivity contribution in [2.24, 2.45) is 5.92 Å². The summed E-state index contributed by atoms with van der Waals surface area (Å²) in [5, 5.41) is 39.3. The molecule has 5 amide bonds. The molecule has 0 saturated carbocycles. The average molecular weight is 674 g/mol. The Labute approximate surface area is 274 Å². The lowest BCUT2D eigenvalue weighted by Gasteiger charge is -2.27. The van der Waals surface area contributed by atoms with E-state index in [1.54, 1.807) is 25.1 Å². The second kappa shape index (κ2) is 17.3. The number of carbonyl (C=O) groups is 9. The molecule has 0 aliphatic heterocycles.